The van der Waals surface area contributed by atoms with Crippen LogP contribution in [-0.2, 0) is 11.1 Å². The molecule has 1 atom stereocenters. The van der Waals surface area contributed by atoms with E-state index < -0.39 is 11.1 Å². The third kappa shape index (κ3) is 2.69. The zero-order chi connectivity index (χ0) is 12.3. The largest absolute Gasteiger partial charge is 0.497 e. The number of rotatable bonds is 3. The second-order valence-electron chi connectivity index (χ2n) is 3.35. The molecule has 0 spiro atoms. The zero-order valence-corrected chi connectivity index (χ0v) is 9.98. The van der Waals surface area contributed by atoms with Gasteiger partial charge in [-0.2, -0.15) is 0 Å². The molecule has 5 heteroatoms. The minimum atomic E-state index is -2.12. The van der Waals surface area contributed by atoms with Crippen LogP contribution in [0.2, 0.25) is 0 Å². The molecular formula is C12H11NO3S. The summed E-state index contributed by atoms with van der Waals surface area (Å²) in [6.07, 6.45) is 0. The van der Waals surface area contributed by atoms with Gasteiger partial charge >= 0.3 is 0 Å². The van der Waals surface area contributed by atoms with Gasteiger partial charge in [0.1, 0.15) is 5.75 Å². The van der Waals surface area contributed by atoms with E-state index in [4.69, 9.17) is 9.29 Å². The monoisotopic (exact) mass is 249 g/mol. The van der Waals surface area contributed by atoms with Gasteiger partial charge in [-0.15, -0.1) is 0 Å². The normalized spacial score (nSPS) is 12.1. The van der Waals surface area contributed by atoms with Crippen LogP contribution in [0.5, 0.6) is 5.75 Å². The lowest BCUT2D eigenvalue weighted by molar-refractivity contribution is 0.412. The smallest absolute Gasteiger partial charge is 0.205 e. The van der Waals surface area contributed by atoms with Gasteiger partial charge in [-0.1, -0.05) is 30.3 Å². The summed E-state index contributed by atoms with van der Waals surface area (Å²) in [4.78, 5) is 4.12. The number of ether oxygens (including phenoxy) is 1. The third-order valence-electron chi connectivity index (χ3n) is 2.26. The van der Waals surface area contributed by atoms with E-state index >= 15 is 0 Å². The average molecular weight is 249 g/mol. The molecule has 1 heterocycles. The predicted molar refractivity (Wildman–Crippen MR) is 65.3 cm³/mol. The fourth-order valence-corrected chi connectivity index (χ4v) is 1.84. The summed E-state index contributed by atoms with van der Waals surface area (Å²) in [5, 5.41) is 0.0863. The maximum absolute atomic E-state index is 11.0. The zero-order valence-electron chi connectivity index (χ0n) is 9.16. The fourth-order valence-electron chi connectivity index (χ4n) is 1.45. The molecule has 0 saturated heterocycles. The number of hydrogen-bond acceptors (Lipinski definition) is 3. The number of methoxy groups -OCH3 is 1. The Balaban J connectivity index is 2.54. The molecule has 88 valence electrons. The second-order valence-corrected chi connectivity index (χ2v) is 4.26. The fraction of sp³-hybridized carbons (Fsp3) is 0.0833. The molecular weight excluding hydrogens is 238 g/mol. The molecule has 0 saturated carbocycles. The van der Waals surface area contributed by atoms with Gasteiger partial charge in [0, 0.05) is 17.7 Å². The van der Waals surface area contributed by atoms with Gasteiger partial charge in [0.05, 0.1) is 12.8 Å². The van der Waals surface area contributed by atoms with E-state index in [0.29, 0.717) is 11.4 Å². The van der Waals surface area contributed by atoms with E-state index in [-0.39, 0.29) is 5.03 Å². The molecule has 2 rings (SSSR count). The number of hydrogen-bond donors (Lipinski definition) is 1. The Bertz CT molecular complexity index is 543. The van der Waals surface area contributed by atoms with E-state index in [1.54, 1.807) is 6.07 Å². The molecule has 1 unspecified atom stereocenters. The number of nitrogens with zero attached hydrogens (tertiary/aromatic N) is 1. The van der Waals surface area contributed by atoms with Crippen molar-refractivity contribution in [2.45, 2.75) is 5.03 Å². The van der Waals surface area contributed by atoms with Gasteiger partial charge in [0.15, 0.2) is 5.03 Å². The Morgan fingerprint density at radius 2 is 1.94 bits per heavy atom. The minimum absolute atomic E-state index is 0.0863. The Morgan fingerprint density at radius 1 is 1.24 bits per heavy atom. The van der Waals surface area contributed by atoms with Gasteiger partial charge < -0.3 is 9.29 Å². The van der Waals surface area contributed by atoms with Crippen LogP contribution in [0.25, 0.3) is 11.3 Å². The van der Waals surface area contributed by atoms with E-state index in [1.807, 2.05) is 30.3 Å². The van der Waals surface area contributed by atoms with Crippen LogP contribution >= 0.6 is 0 Å². The minimum Gasteiger partial charge on any atom is -0.497 e. The summed E-state index contributed by atoms with van der Waals surface area (Å²) >= 11 is -2.12. The molecule has 0 bridgehead atoms. The third-order valence-corrected chi connectivity index (χ3v) is 2.83. The molecule has 0 amide bonds. The maximum atomic E-state index is 11.0. The van der Waals surface area contributed by atoms with E-state index in [9.17, 15) is 4.21 Å². The standard InChI is InChI=1S/C12H11NO3S/c1-16-10-7-11(9-5-3-2-4-6-9)13-12(8-10)17(14)15/h2-8H,1H3,(H,14,15). The average Bonchev–Trinajstić information content (AvgIpc) is 2.39. The summed E-state index contributed by atoms with van der Waals surface area (Å²) in [5.41, 5.74) is 1.49. The van der Waals surface area contributed by atoms with Crippen LogP contribution in [-0.4, -0.2) is 20.9 Å². The second kappa shape index (κ2) is 5.07. The molecule has 0 aliphatic carbocycles. The molecule has 1 aromatic carbocycles. The maximum Gasteiger partial charge on any atom is 0.205 e. The SMILES string of the molecule is COc1cc(-c2ccccc2)nc(S(=O)O)c1. The number of aromatic nitrogens is 1. The van der Waals surface area contributed by atoms with Crippen LogP contribution in [0.3, 0.4) is 0 Å². The topological polar surface area (TPSA) is 59.4 Å². The molecule has 17 heavy (non-hydrogen) atoms. The first-order chi connectivity index (χ1) is 8.20. The van der Waals surface area contributed by atoms with Crippen LogP contribution in [0.1, 0.15) is 0 Å². The highest BCUT2D eigenvalue weighted by molar-refractivity contribution is 7.79. The van der Waals surface area contributed by atoms with Crippen molar-refractivity contribution in [1.82, 2.24) is 4.98 Å². The van der Waals surface area contributed by atoms with Crippen molar-refractivity contribution in [3.8, 4) is 17.0 Å². The lowest BCUT2D eigenvalue weighted by atomic mass is 10.1. The highest BCUT2D eigenvalue weighted by Gasteiger charge is 2.08. The first-order valence-electron chi connectivity index (χ1n) is 4.93. The number of pyridine rings is 1. The molecule has 2 aromatic rings. The highest BCUT2D eigenvalue weighted by atomic mass is 32.2. The van der Waals surface area contributed by atoms with Crippen molar-refractivity contribution in [1.29, 1.82) is 0 Å². The van der Waals surface area contributed by atoms with Crippen LogP contribution in [0.15, 0.2) is 47.5 Å². The van der Waals surface area contributed by atoms with Crippen LogP contribution in [0, 0.1) is 0 Å². The first kappa shape index (κ1) is 11.8. The lowest BCUT2D eigenvalue weighted by Crippen LogP contribution is -1.97. The van der Waals surface area contributed by atoms with Crippen molar-refractivity contribution >= 4 is 11.1 Å². The summed E-state index contributed by atoms with van der Waals surface area (Å²) < 4.78 is 25.2. The van der Waals surface area contributed by atoms with Gasteiger partial charge in [-0.3, -0.25) is 0 Å². The first-order valence-corrected chi connectivity index (χ1v) is 6.04. The Morgan fingerprint density at radius 3 is 2.53 bits per heavy atom. The predicted octanol–water partition coefficient (Wildman–Crippen LogP) is 2.34. The van der Waals surface area contributed by atoms with Crippen LogP contribution in [0.4, 0.5) is 0 Å². The summed E-state index contributed by atoms with van der Waals surface area (Å²) in [7, 11) is 1.51. The molecule has 1 aromatic heterocycles. The highest BCUT2D eigenvalue weighted by Crippen LogP contribution is 2.23. The molecule has 1 N–H and O–H groups in total. The molecule has 4 nitrogen and oxygen atoms in total. The molecule has 0 aliphatic rings. The van der Waals surface area contributed by atoms with Crippen molar-refractivity contribution in [3.63, 3.8) is 0 Å². The van der Waals surface area contributed by atoms with E-state index in [2.05, 4.69) is 4.98 Å². The van der Waals surface area contributed by atoms with Gasteiger partial charge in [0.2, 0.25) is 11.1 Å². The van der Waals surface area contributed by atoms with Gasteiger partial charge in [-0.25, -0.2) is 9.19 Å². The summed E-state index contributed by atoms with van der Waals surface area (Å²) in [6, 6.07) is 12.6. The number of benzene rings is 1. The summed E-state index contributed by atoms with van der Waals surface area (Å²) in [6.45, 7) is 0. The molecule has 0 aliphatic heterocycles. The van der Waals surface area contributed by atoms with Crippen molar-refractivity contribution < 1.29 is 13.5 Å². The quantitative estimate of drug-likeness (QED) is 0.848. The molecule has 0 radical (unpaired) electrons. The van der Waals surface area contributed by atoms with Crippen LogP contribution < -0.4 is 4.74 Å². The van der Waals surface area contributed by atoms with Crippen molar-refractivity contribution in [2.75, 3.05) is 7.11 Å². The molecule has 0 fully saturated rings. The summed E-state index contributed by atoms with van der Waals surface area (Å²) in [5.74, 6) is 0.510. The van der Waals surface area contributed by atoms with E-state index in [1.165, 1.54) is 13.2 Å². The van der Waals surface area contributed by atoms with Gasteiger partial charge in [0.25, 0.3) is 0 Å². The van der Waals surface area contributed by atoms with Crippen molar-refractivity contribution in [3.05, 3.63) is 42.5 Å². The lowest BCUT2D eigenvalue weighted by Gasteiger charge is -2.06. The van der Waals surface area contributed by atoms with Gasteiger partial charge in [-0.05, 0) is 0 Å². The van der Waals surface area contributed by atoms with E-state index in [0.717, 1.165) is 5.56 Å². The Labute approximate surface area is 102 Å². The Kier molecular flexibility index (Phi) is 3.51. The van der Waals surface area contributed by atoms with Crippen molar-refractivity contribution in [2.24, 2.45) is 0 Å². The Hall–Kier alpha value is -1.72.